The molecule has 0 saturated carbocycles. The van der Waals surface area contributed by atoms with Crippen LogP contribution >= 0.6 is 0 Å². The van der Waals surface area contributed by atoms with Crippen molar-refractivity contribution in [1.29, 1.82) is 5.26 Å². The van der Waals surface area contributed by atoms with E-state index in [1.807, 2.05) is 25.1 Å². The zero-order valence-electron chi connectivity index (χ0n) is 10.9. The Hall–Kier alpha value is -2.81. The number of aromatic nitrogens is 2. The highest BCUT2D eigenvalue weighted by molar-refractivity contribution is 5.67. The minimum Gasteiger partial charge on any atom is -0.486 e. The lowest BCUT2D eigenvalue weighted by Gasteiger charge is -2.20. The number of aryl methyl sites for hydroxylation is 1. The van der Waals surface area contributed by atoms with E-state index in [1.165, 1.54) is 6.20 Å². The molecule has 1 aromatic carbocycles. The van der Waals surface area contributed by atoms with Crippen LogP contribution in [-0.4, -0.2) is 23.2 Å². The van der Waals surface area contributed by atoms with Crippen LogP contribution in [0.5, 0.6) is 11.5 Å². The number of anilines is 1. The van der Waals surface area contributed by atoms with Crippen LogP contribution in [0.3, 0.4) is 0 Å². The molecule has 100 valence electrons. The molecule has 0 spiro atoms. The number of rotatable bonds is 1. The number of nitrogens with zero attached hydrogens (tertiary/aromatic N) is 3. The second-order valence-electron chi connectivity index (χ2n) is 4.42. The maximum Gasteiger partial charge on any atom is 0.162 e. The molecule has 1 aromatic heterocycles. The maximum atomic E-state index is 8.85. The summed E-state index contributed by atoms with van der Waals surface area (Å²) in [6, 6.07) is 5.67. The molecule has 1 aliphatic rings. The van der Waals surface area contributed by atoms with E-state index in [4.69, 9.17) is 20.5 Å². The van der Waals surface area contributed by atoms with Crippen LogP contribution < -0.4 is 15.2 Å². The maximum absolute atomic E-state index is 8.85. The van der Waals surface area contributed by atoms with Gasteiger partial charge in [0.1, 0.15) is 30.7 Å². The van der Waals surface area contributed by atoms with Gasteiger partial charge in [-0.1, -0.05) is 0 Å². The van der Waals surface area contributed by atoms with Gasteiger partial charge in [0.25, 0.3) is 0 Å². The van der Waals surface area contributed by atoms with Crippen molar-refractivity contribution in [3.63, 3.8) is 0 Å². The Balaban J connectivity index is 2.10. The Morgan fingerprint density at radius 2 is 1.95 bits per heavy atom. The van der Waals surface area contributed by atoms with Crippen molar-refractivity contribution in [2.75, 3.05) is 18.9 Å². The van der Waals surface area contributed by atoms with Gasteiger partial charge in [-0.15, -0.1) is 0 Å². The first-order chi connectivity index (χ1) is 9.69. The summed E-state index contributed by atoms with van der Waals surface area (Å²) < 4.78 is 11.1. The molecule has 0 unspecified atom stereocenters. The van der Waals surface area contributed by atoms with Crippen molar-refractivity contribution in [3.8, 4) is 29.0 Å². The van der Waals surface area contributed by atoms with E-state index >= 15 is 0 Å². The van der Waals surface area contributed by atoms with Gasteiger partial charge in [-0.3, -0.25) is 0 Å². The number of ether oxygens (including phenoxy) is 2. The summed E-state index contributed by atoms with van der Waals surface area (Å²) in [5.41, 5.74) is 7.76. The lowest BCUT2D eigenvalue weighted by Crippen LogP contribution is -2.15. The Morgan fingerprint density at radius 3 is 2.60 bits per heavy atom. The Morgan fingerprint density at radius 1 is 1.25 bits per heavy atom. The Labute approximate surface area is 115 Å². The van der Waals surface area contributed by atoms with Gasteiger partial charge in [-0.2, -0.15) is 5.26 Å². The zero-order valence-corrected chi connectivity index (χ0v) is 10.9. The van der Waals surface area contributed by atoms with E-state index < -0.39 is 0 Å². The molecule has 0 fully saturated rings. The third-order valence-corrected chi connectivity index (χ3v) is 3.07. The number of benzene rings is 1. The molecule has 0 radical (unpaired) electrons. The average Bonchev–Trinajstić information content (AvgIpc) is 2.46. The van der Waals surface area contributed by atoms with E-state index in [0.29, 0.717) is 24.8 Å². The first-order valence-corrected chi connectivity index (χ1v) is 6.12. The standard InChI is InChI=1S/C14H12N4O2/c1-8-4-11-12(20-3-2-19-11)5-10(8)14-17-7-9(6-15)13(16)18-14/h4-5,7H,2-3H2,1H3,(H2,16,17,18). The van der Waals surface area contributed by atoms with Gasteiger partial charge in [0, 0.05) is 5.56 Å². The second kappa shape index (κ2) is 4.70. The number of nitrogen functional groups attached to an aromatic ring is 1. The van der Waals surface area contributed by atoms with Crippen LogP contribution in [0.1, 0.15) is 11.1 Å². The number of hydrogen-bond acceptors (Lipinski definition) is 6. The van der Waals surface area contributed by atoms with Gasteiger partial charge in [-0.25, -0.2) is 9.97 Å². The summed E-state index contributed by atoms with van der Waals surface area (Å²) in [7, 11) is 0. The summed E-state index contributed by atoms with van der Waals surface area (Å²) in [6.07, 6.45) is 1.42. The van der Waals surface area contributed by atoms with E-state index in [1.54, 1.807) is 0 Å². The molecule has 1 aliphatic heterocycles. The molecule has 2 heterocycles. The van der Waals surface area contributed by atoms with E-state index in [9.17, 15) is 0 Å². The summed E-state index contributed by atoms with van der Waals surface area (Å²) in [5.74, 6) is 2.03. The number of nitriles is 1. The van der Waals surface area contributed by atoms with Crippen LogP contribution in [-0.2, 0) is 0 Å². The molecular formula is C14H12N4O2. The Bertz CT molecular complexity index is 722. The van der Waals surface area contributed by atoms with Crippen LogP contribution in [0.2, 0.25) is 0 Å². The van der Waals surface area contributed by atoms with Gasteiger partial charge in [-0.05, 0) is 24.6 Å². The topological polar surface area (TPSA) is 94.1 Å². The molecule has 20 heavy (non-hydrogen) atoms. The van der Waals surface area contributed by atoms with E-state index in [2.05, 4.69) is 9.97 Å². The van der Waals surface area contributed by atoms with Crippen molar-refractivity contribution in [1.82, 2.24) is 9.97 Å². The smallest absolute Gasteiger partial charge is 0.162 e. The first-order valence-electron chi connectivity index (χ1n) is 6.12. The molecular weight excluding hydrogens is 256 g/mol. The summed E-state index contributed by atoms with van der Waals surface area (Å²) >= 11 is 0. The highest BCUT2D eigenvalue weighted by atomic mass is 16.6. The van der Waals surface area contributed by atoms with Gasteiger partial charge in [0.05, 0.1) is 6.20 Å². The van der Waals surface area contributed by atoms with Crippen LogP contribution in [0, 0.1) is 18.3 Å². The summed E-state index contributed by atoms with van der Waals surface area (Å²) in [5, 5.41) is 8.85. The largest absolute Gasteiger partial charge is 0.486 e. The monoisotopic (exact) mass is 268 g/mol. The highest BCUT2D eigenvalue weighted by Gasteiger charge is 2.16. The van der Waals surface area contributed by atoms with E-state index in [0.717, 1.165) is 16.9 Å². The Kier molecular flexibility index (Phi) is 2.88. The lowest BCUT2D eigenvalue weighted by atomic mass is 10.1. The van der Waals surface area contributed by atoms with Gasteiger partial charge < -0.3 is 15.2 Å². The molecule has 3 rings (SSSR count). The molecule has 0 aliphatic carbocycles. The third kappa shape index (κ3) is 1.99. The predicted octanol–water partition coefficient (Wildman–Crippen LogP) is 1.68. The molecule has 2 N–H and O–H groups in total. The minimum absolute atomic E-state index is 0.173. The SMILES string of the molecule is Cc1cc2c(cc1-c1ncc(C#N)c(N)n1)OCCO2. The zero-order chi connectivity index (χ0) is 14.1. The number of nitrogens with two attached hydrogens (primary N) is 1. The van der Waals surface area contributed by atoms with Crippen molar-refractivity contribution in [2.24, 2.45) is 0 Å². The predicted molar refractivity (Wildman–Crippen MR) is 72.3 cm³/mol. The van der Waals surface area contributed by atoms with Crippen molar-refractivity contribution < 1.29 is 9.47 Å². The fourth-order valence-corrected chi connectivity index (χ4v) is 2.04. The highest BCUT2D eigenvalue weighted by Crippen LogP contribution is 2.36. The van der Waals surface area contributed by atoms with Crippen LogP contribution in [0.15, 0.2) is 18.3 Å². The molecule has 0 atom stereocenters. The minimum atomic E-state index is 0.173. The average molecular weight is 268 g/mol. The fraction of sp³-hybridized carbons (Fsp3) is 0.214. The lowest BCUT2D eigenvalue weighted by molar-refractivity contribution is 0.171. The van der Waals surface area contributed by atoms with Gasteiger partial charge in [0.2, 0.25) is 0 Å². The quantitative estimate of drug-likeness (QED) is 0.845. The molecule has 2 aromatic rings. The first kappa shape index (κ1) is 12.2. The van der Waals surface area contributed by atoms with Crippen molar-refractivity contribution in [3.05, 3.63) is 29.5 Å². The van der Waals surface area contributed by atoms with Crippen LogP contribution in [0.25, 0.3) is 11.4 Å². The molecule has 6 nitrogen and oxygen atoms in total. The van der Waals surface area contributed by atoms with Gasteiger partial charge in [0.15, 0.2) is 17.3 Å². The van der Waals surface area contributed by atoms with Crippen molar-refractivity contribution in [2.45, 2.75) is 6.92 Å². The molecule has 0 saturated heterocycles. The van der Waals surface area contributed by atoms with Gasteiger partial charge >= 0.3 is 0 Å². The fourth-order valence-electron chi connectivity index (χ4n) is 2.04. The van der Waals surface area contributed by atoms with E-state index in [-0.39, 0.29) is 11.4 Å². The normalized spacial score (nSPS) is 12.8. The van der Waals surface area contributed by atoms with Crippen molar-refractivity contribution >= 4 is 5.82 Å². The number of fused-ring (bicyclic) bond motifs is 1. The third-order valence-electron chi connectivity index (χ3n) is 3.07. The second-order valence-corrected chi connectivity index (χ2v) is 4.42. The molecule has 0 amide bonds. The summed E-state index contributed by atoms with van der Waals surface area (Å²) in [6.45, 7) is 3.00. The summed E-state index contributed by atoms with van der Waals surface area (Å²) in [4.78, 5) is 8.35. The number of hydrogen-bond donors (Lipinski definition) is 1. The van der Waals surface area contributed by atoms with Crippen LogP contribution in [0.4, 0.5) is 5.82 Å². The molecule has 6 heteroatoms. The molecule has 0 bridgehead atoms.